The van der Waals surface area contributed by atoms with E-state index in [-0.39, 0.29) is 23.0 Å². The van der Waals surface area contributed by atoms with Gasteiger partial charge in [0.05, 0.1) is 10.6 Å². The number of nitrogens with one attached hydrogen (secondary N) is 1. The number of benzene rings is 1. The van der Waals surface area contributed by atoms with Crippen molar-refractivity contribution in [1.29, 1.82) is 0 Å². The van der Waals surface area contributed by atoms with Gasteiger partial charge in [-0.3, -0.25) is 4.79 Å². The maximum absolute atomic E-state index is 12.1. The zero-order valence-corrected chi connectivity index (χ0v) is 11.4. The minimum absolute atomic E-state index is 0.0509. The lowest BCUT2D eigenvalue weighted by atomic mass is 10.2. The van der Waals surface area contributed by atoms with Crippen LogP contribution in [0, 0.1) is 6.92 Å². The highest BCUT2D eigenvalue weighted by Crippen LogP contribution is 2.22. The largest absolute Gasteiger partial charge is 0.398 e. The SMILES string of the molecule is CNC(=O)CCCS(=O)(=O)c1cccc(N)c1C. The first kappa shape index (κ1) is 14.5. The van der Waals surface area contributed by atoms with Gasteiger partial charge in [-0.05, 0) is 31.0 Å². The maximum Gasteiger partial charge on any atom is 0.219 e. The molecular formula is C12H18N2O3S. The van der Waals surface area contributed by atoms with E-state index in [0.717, 1.165) is 0 Å². The zero-order chi connectivity index (χ0) is 13.8. The van der Waals surface area contributed by atoms with E-state index in [1.165, 1.54) is 7.05 Å². The van der Waals surface area contributed by atoms with Crippen LogP contribution < -0.4 is 11.1 Å². The summed E-state index contributed by atoms with van der Waals surface area (Å²) in [5.41, 5.74) is 6.71. The fraction of sp³-hybridized carbons (Fsp3) is 0.417. The summed E-state index contributed by atoms with van der Waals surface area (Å²) in [7, 11) is -1.85. The molecule has 0 aromatic heterocycles. The highest BCUT2D eigenvalue weighted by atomic mass is 32.2. The fourth-order valence-electron chi connectivity index (χ4n) is 1.63. The Hall–Kier alpha value is -1.56. The fourth-order valence-corrected chi connectivity index (χ4v) is 3.24. The number of sulfone groups is 1. The molecule has 0 atom stereocenters. The van der Waals surface area contributed by atoms with Crippen molar-refractivity contribution in [3.8, 4) is 0 Å². The van der Waals surface area contributed by atoms with Gasteiger partial charge in [0, 0.05) is 19.2 Å². The number of amides is 1. The van der Waals surface area contributed by atoms with E-state index in [0.29, 0.717) is 17.7 Å². The summed E-state index contributed by atoms with van der Waals surface area (Å²) >= 11 is 0. The minimum Gasteiger partial charge on any atom is -0.398 e. The molecule has 1 amide bonds. The van der Waals surface area contributed by atoms with E-state index in [9.17, 15) is 13.2 Å². The average molecular weight is 270 g/mol. The van der Waals surface area contributed by atoms with E-state index >= 15 is 0 Å². The highest BCUT2D eigenvalue weighted by Gasteiger charge is 2.18. The predicted molar refractivity (Wildman–Crippen MR) is 70.9 cm³/mol. The molecular weight excluding hydrogens is 252 g/mol. The summed E-state index contributed by atoms with van der Waals surface area (Å²) in [5, 5.41) is 2.46. The number of carbonyl (C=O) groups is 1. The second kappa shape index (κ2) is 5.86. The van der Waals surface area contributed by atoms with Crippen molar-refractivity contribution in [3.05, 3.63) is 23.8 Å². The second-order valence-electron chi connectivity index (χ2n) is 4.07. The number of hydrogen-bond donors (Lipinski definition) is 2. The van der Waals surface area contributed by atoms with Crippen molar-refractivity contribution in [3.63, 3.8) is 0 Å². The van der Waals surface area contributed by atoms with Gasteiger partial charge in [-0.2, -0.15) is 0 Å². The highest BCUT2D eigenvalue weighted by molar-refractivity contribution is 7.91. The molecule has 0 spiro atoms. The lowest BCUT2D eigenvalue weighted by Gasteiger charge is -2.09. The summed E-state index contributed by atoms with van der Waals surface area (Å²) in [5.74, 6) is -0.209. The van der Waals surface area contributed by atoms with Crippen LogP contribution in [0.1, 0.15) is 18.4 Å². The predicted octanol–water partition coefficient (Wildman–Crippen LogP) is 0.877. The van der Waals surface area contributed by atoms with Crippen molar-refractivity contribution in [2.45, 2.75) is 24.7 Å². The Morgan fingerprint density at radius 1 is 1.39 bits per heavy atom. The van der Waals surface area contributed by atoms with Gasteiger partial charge in [-0.15, -0.1) is 0 Å². The number of anilines is 1. The first-order chi connectivity index (χ1) is 8.38. The van der Waals surface area contributed by atoms with Crippen LogP contribution in [0.5, 0.6) is 0 Å². The lowest BCUT2D eigenvalue weighted by Crippen LogP contribution is -2.19. The molecule has 1 rings (SSSR count). The normalized spacial score (nSPS) is 11.2. The number of rotatable bonds is 5. The van der Waals surface area contributed by atoms with E-state index < -0.39 is 9.84 Å². The van der Waals surface area contributed by atoms with Crippen LogP contribution in [0.2, 0.25) is 0 Å². The Balaban J connectivity index is 2.81. The summed E-state index contributed by atoms with van der Waals surface area (Å²) in [4.78, 5) is 11.3. The molecule has 0 saturated carbocycles. The van der Waals surface area contributed by atoms with Crippen LogP contribution >= 0.6 is 0 Å². The topological polar surface area (TPSA) is 89.3 Å². The summed E-state index contributed by atoms with van der Waals surface area (Å²) in [6, 6.07) is 4.83. The number of hydrogen-bond acceptors (Lipinski definition) is 4. The van der Waals surface area contributed by atoms with Gasteiger partial charge >= 0.3 is 0 Å². The molecule has 3 N–H and O–H groups in total. The summed E-state index contributed by atoms with van der Waals surface area (Å²) in [6.07, 6.45) is 0.507. The number of nitrogen functional groups attached to an aromatic ring is 1. The third-order valence-corrected chi connectivity index (χ3v) is 4.70. The van der Waals surface area contributed by atoms with Gasteiger partial charge in [-0.1, -0.05) is 6.07 Å². The molecule has 100 valence electrons. The van der Waals surface area contributed by atoms with Gasteiger partial charge in [0.1, 0.15) is 0 Å². The molecule has 6 heteroatoms. The van der Waals surface area contributed by atoms with Gasteiger partial charge in [0.15, 0.2) is 9.84 Å². The Bertz CT molecular complexity index is 538. The summed E-state index contributed by atoms with van der Waals surface area (Å²) < 4.78 is 24.2. The molecule has 1 aromatic carbocycles. The van der Waals surface area contributed by atoms with Gasteiger partial charge in [0.25, 0.3) is 0 Å². The Kier molecular flexibility index (Phi) is 4.72. The molecule has 0 aliphatic carbocycles. The Morgan fingerprint density at radius 2 is 2.06 bits per heavy atom. The van der Waals surface area contributed by atoms with Crippen molar-refractivity contribution in [1.82, 2.24) is 5.32 Å². The first-order valence-corrected chi connectivity index (χ1v) is 7.32. The molecule has 0 aliphatic rings. The molecule has 0 unspecified atom stereocenters. The number of nitrogens with two attached hydrogens (primary N) is 1. The van der Waals surface area contributed by atoms with Crippen LogP contribution in [-0.4, -0.2) is 27.1 Å². The van der Waals surface area contributed by atoms with Crippen molar-refractivity contribution >= 4 is 21.4 Å². The average Bonchev–Trinajstić information content (AvgIpc) is 2.32. The Labute approximate surface area is 107 Å². The van der Waals surface area contributed by atoms with Gasteiger partial charge in [-0.25, -0.2) is 8.42 Å². The molecule has 1 aromatic rings. The van der Waals surface area contributed by atoms with Crippen LogP contribution in [0.3, 0.4) is 0 Å². The third kappa shape index (κ3) is 3.46. The number of carbonyl (C=O) groups excluding carboxylic acids is 1. The standard InChI is InChI=1S/C12H18N2O3S/c1-9-10(13)5-3-6-11(9)18(16,17)8-4-7-12(15)14-2/h3,5-6H,4,7-8,13H2,1-2H3,(H,14,15). The molecule has 0 saturated heterocycles. The van der Waals surface area contributed by atoms with Crippen molar-refractivity contribution < 1.29 is 13.2 Å². The molecule has 0 aliphatic heterocycles. The lowest BCUT2D eigenvalue weighted by molar-refractivity contribution is -0.120. The first-order valence-electron chi connectivity index (χ1n) is 5.67. The van der Waals surface area contributed by atoms with Crippen molar-refractivity contribution in [2.24, 2.45) is 0 Å². The van der Waals surface area contributed by atoms with Gasteiger partial charge < -0.3 is 11.1 Å². The third-order valence-electron chi connectivity index (χ3n) is 2.76. The molecule has 0 bridgehead atoms. The molecule has 18 heavy (non-hydrogen) atoms. The van der Waals surface area contributed by atoms with Gasteiger partial charge in [0.2, 0.25) is 5.91 Å². The Morgan fingerprint density at radius 3 is 2.67 bits per heavy atom. The molecule has 0 heterocycles. The summed E-state index contributed by atoms with van der Waals surface area (Å²) in [6.45, 7) is 1.68. The van der Waals surface area contributed by atoms with Crippen LogP contribution in [0.4, 0.5) is 5.69 Å². The quantitative estimate of drug-likeness (QED) is 0.777. The van der Waals surface area contributed by atoms with Crippen LogP contribution in [0.25, 0.3) is 0 Å². The maximum atomic E-state index is 12.1. The van der Waals surface area contributed by atoms with E-state index in [1.54, 1.807) is 25.1 Å². The van der Waals surface area contributed by atoms with E-state index in [4.69, 9.17) is 5.73 Å². The van der Waals surface area contributed by atoms with Crippen molar-refractivity contribution in [2.75, 3.05) is 18.5 Å². The monoisotopic (exact) mass is 270 g/mol. The second-order valence-corrected chi connectivity index (χ2v) is 6.14. The zero-order valence-electron chi connectivity index (χ0n) is 10.6. The smallest absolute Gasteiger partial charge is 0.219 e. The molecule has 5 nitrogen and oxygen atoms in total. The van der Waals surface area contributed by atoms with E-state index in [2.05, 4.69) is 5.32 Å². The minimum atomic E-state index is -3.38. The van der Waals surface area contributed by atoms with Crippen LogP contribution in [0.15, 0.2) is 23.1 Å². The molecule has 0 radical (unpaired) electrons. The molecule has 0 fully saturated rings. The van der Waals surface area contributed by atoms with E-state index in [1.807, 2.05) is 0 Å². The van der Waals surface area contributed by atoms with Crippen LogP contribution in [-0.2, 0) is 14.6 Å².